The molecule has 4 bridgehead atoms. The number of carboxylic acids is 1. The smallest absolute Gasteiger partial charge is 0.311 e. The standard InChI is InChI=1S/2C16H26O2.2C13H24O2.C10H20O2.2C9H18O3.C9H18O2.C8H16O3.C6H12O2/c2*1-4-16(2,3)15(17)18-14-9-10-8-13(14)12-7-5-6-11(10)12;2*1-4-11(3)12(14)15-13(5-2)9-7-6-8-10-13;1-5-7-8-12-9(11)10(3,4)6-2;2*1-5-9(2,3)8(10)12-7-6-11-4;1-4-6-7-11-9(10)8(3)5-2;1-4-8(2,3)7(10)11-6-5-9;1-4-6(2,3)5(7)8/h2*10-14H,4-9H2,1-3H3;2*11H,4-10H2,1-3H3;5-8H2,1-4H3;2*5-7H2,1-4H3;8H,4-7H2,1-3H3;9H,4-6H2,1-3H3;4H2,1-3H3,(H,7,8). The molecular formula is C109H202O23. The van der Waals surface area contributed by atoms with Crippen molar-refractivity contribution in [3.63, 3.8) is 0 Å². The van der Waals surface area contributed by atoms with Gasteiger partial charge in [0.25, 0.3) is 0 Å². The van der Waals surface area contributed by atoms with Gasteiger partial charge in [0.1, 0.15) is 43.2 Å². The molecule has 13 unspecified atom stereocenters. The van der Waals surface area contributed by atoms with E-state index in [9.17, 15) is 47.9 Å². The first-order valence-electron chi connectivity index (χ1n) is 52.3. The van der Waals surface area contributed by atoms with Gasteiger partial charge in [-0.3, -0.25) is 47.9 Å². The third-order valence-electron chi connectivity index (χ3n) is 30.7. The minimum atomic E-state index is -0.722. The van der Waals surface area contributed by atoms with E-state index >= 15 is 0 Å². The molecule has 8 fully saturated rings. The lowest BCUT2D eigenvalue weighted by molar-refractivity contribution is -0.169. The van der Waals surface area contributed by atoms with Crippen LogP contribution in [0.15, 0.2) is 0 Å². The molecule has 0 saturated heterocycles. The number of unbranched alkanes of at least 4 members (excludes halogenated alkanes) is 2. The highest BCUT2D eigenvalue weighted by Gasteiger charge is 2.57. The second-order valence-electron chi connectivity index (χ2n) is 43.3. The molecule has 0 radical (unpaired) electrons. The van der Waals surface area contributed by atoms with Crippen molar-refractivity contribution in [1.82, 2.24) is 0 Å². The molecule has 13 atom stereocenters. The van der Waals surface area contributed by atoms with Gasteiger partial charge in [0, 0.05) is 14.2 Å². The highest BCUT2D eigenvalue weighted by Crippen LogP contribution is 2.61. The summed E-state index contributed by atoms with van der Waals surface area (Å²) < 4.78 is 57.5. The van der Waals surface area contributed by atoms with Crippen LogP contribution in [0, 0.1) is 103 Å². The Bertz CT molecular complexity index is 3010. The molecule has 0 amide bonds. The van der Waals surface area contributed by atoms with E-state index in [2.05, 4.69) is 41.5 Å². The first-order valence-corrected chi connectivity index (χ1v) is 52.3. The zero-order valence-electron chi connectivity index (χ0n) is 90.6. The molecule has 8 rings (SSSR count). The van der Waals surface area contributed by atoms with Gasteiger partial charge in [-0.05, 0) is 337 Å². The Kier molecular flexibility index (Phi) is 63.8. The minimum Gasteiger partial charge on any atom is -0.481 e. The molecule has 8 aliphatic rings. The number of carboxylic acid groups (broad SMARTS) is 1. The summed E-state index contributed by atoms with van der Waals surface area (Å²) in [5.74, 6) is 5.66. The number of methoxy groups -OCH3 is 2. The molecule has 0 spiro atoms. The summed E-state index contributed by atoms with van der Waals surface area (Å²) in [6, 6.07) is 0. The van der Waals surface area contributed by atoms with Crippen LogP contribution < -0.4 is 0 Å². The molecule has 0 aromatic rings. The third kappa shape index (κ3) is 45.9. The lowest BCUT2D eigenvalue weighted by atomic mass is 9.80. The van der Waals surface area contributed by atoms with Crippen LogP contribution in [0.25, 0.3) is 0 Å². The molecule has 2 N–H and O–H groups in total. The number of aliphatic carboxylic acids is 1. The van der Waals surface area contributed by atoms with Crippen LogP contribution in [0.3, 0.4) is 0 Å². The van der Waals surface area contributed by atoms with E-state index in [0.717, 1.165) is 170 Å². The lowest BCUT2D eigenvalue weighted by Gasteiger charge is -2.36. The summed E-state index contributed by atoms with van der Waals surface area (Å²) in [6.45, 7) is 63.4. The normalized spacial score (nSPS) is 22.3. The number of esters is 9. The Hall–Kier alpha value is -5.42. The maximum Gasteiger partial charge on any atom is 0.311 e. The summed E-state index contributed by atoms with van der Waals surface area (Å²) in [4.78, 5) is 114. The van der Waals surface area contributed by atoms with Crippen molar-refractivity contribution in [2.24, 2.45) is 103 Å². The highest BCUT2D eigenvalue weighted by molar-refractivity contribution is 5.79. The van der Waals surface area contributed by atoms with E-state index < -0.39 is 16.8 Å². The Morgan fingerprint density at radius 2 is 0.591 bits per heavy atom. The van der Waals surface area contributed by atoms with E-state index in [1.54, 1.807) is 28.1 Å². The average molecular weight is 1880 g/mol. The van der Waals surface area contributed by atoms with Gasteiger partial charge >= 0.3 is 59.7 Å². The van der Waals surface area contributed by atoms with Gasteiger partial charge < -0.3 is 62.3 Å². The Morgan fingerprint density at radius 3 is 0.848 bits per heavy atom. The monoisotopic (exact) mass is 1880 g/mol. The summed E-state index contributed by atoms with van der Waals surface area (Å²) in [7, 11) is 3.16. The summed E-state index contributed by atoms with van der Waals surface area (Å²) in [5.41, 5.74) is -2.88. The third-order valence-corrected chi connectivity index (χ3v) is 30.7. The van der Waals surface area contributed by atoms with Crippen LogP contribution >= 0.6 is 0 Å². The number of rotatable bonds is 40. The topological polar surface area (TPSA) is 313 Å². The first-order chi connectivity index (χ1) is 61.7. The highest BCUT2D eigenvalue weighted by atomic mass is 16.6. The van der Waals surface area contributed by atoms with Crippen LogP contribution in [0.4, 0.5) is 0 Å². The molecule has 23 nitrogen and oxygen atoms in total. The van der Waals surface area contributed by atoms with Crippen LogP contribution in [0.5, 0.6) is 0 Å². The Morgan fingerprint density at radius 1 is 0.318 bits per heavy atom. The van der Waals surface area contributed by atoms with Crippen molar-refractivity contribution in [3.8, 4) is 0 Å². The van der Waals surface area contributed by atoms with E-state index in [1.165, 1.54) is 89.9 Å². The van der Waals surface area contributed by atoms with Gasteiger partial charge in [0.2, 0.25) is 0 Å². The number of carbonyl (C=O) groups is 10. The van der Waals surface area contributed by atoms with E-state index in [4.69, 9.17) is 62.3 Å². The van der Waals surface area contributed by atoms with Gasteiger partial charge in [0.15, 0.2) is 0 Å². The predicted octanol–water partition coefficient (Wildman–Crippen LogP) is 25.8. The number of carbonyl (C=O) groups excluding carboxylic acids is 9. The largest absolute Gasteiger partial charge is 0.481 e. The number of aliphatic hydroxyl groups is 1. The van der Waals surface area contributed by atoms with Crippen LogP contribution in [0.2, 0.25) is 0 Å². The van der Waals surface area contributed by atoms with Crippen molar-refractivity contribution >= 4 is 59.7 Å². The SMILES string of the molecule is CCC(C)(C)C(=O)O.CCC(C)(C)C(=O)OC1CC2CC1C1CCCC21.CCC(C)(C)C(=O)OC1CC2CC1C1CCCC21.CCC(C)(C)C(=O)OCCO.CCC(C)(C)C(=O)OCCOC.CCC(C)(C)C(=O)OCCOC.CCC(C)C(=O)OC1(CC)CCCCC1.CCC(C)C(=O)OC1(CC)CCCCC1.CCCCOC(=O)C(C)(C)CC.CCCCOC(=O)C(C)CC. The molecule has 0 heterocycles. The summed E-state index contributed by atoms with van der Waals surface area (Å²) in [6.07, 6.45) is 39.8. The number of ether oxygens (including phenoxy) is 11. The quantitative estimate of drug-likeness (QED) is 0.0327. The van der Waals surface area contributed by atoms with Crippen LogP contribution in [0.1, 0.15) is 446 Å². The second-order valence-corrected chi connectivity index (χ2v) is 43.3. The van der Waals surface area contributed by atoms with Crippen molar-refractivity contribution in [3.05, 3.63) is 0 Å². The van der Waals surface area contributed by atoms with E-state index in [1.807, 2.05) is 159 Å². The van der Waals surface area contributed by atoms with Crippen molar-refractivity contribution < 1.29 is 110 Å². The molecule has 8 saturated carbocycles. The predicted molar refractivity (Wildman–Crippen MR) is 528 cm³/mol. The van der Waals surface area contributed by atoms with Gasteiger partial charge in [-0.25, -0.2) is 0 Å². The molecular weight excluding hydrogens is 1680 g/mol. The number of fused-ring (bicyclic) bond motifs is 10. The summed E-state index contributed by atoms with van der Waals surface area (Å²) >= 11 is 0. The maximum atomic E-state index is 12.2. The van der Waals surface area contributed by atoms with Crippen molar-refractivity contribution in [2.75, 3.05) is 67.1 Å². The van der Waals surface area contributed by atoms with Crippen LogP contribution in [-0.2, 0) is 100 Å². The molecule has 23 heteroatoms. The molecule has 776 valence electrons. The number of hydrogen-bond acceptors (Lipinski definition) is 22. The fourth-order valence-corrected chi connectivity index (χ4v) is 16.6. The van der Waals surface area contributed by atoms with Gasteiger partial charge in [-0.2, -0.15) is 0 Å². The average Bonchev–Trinajstić information content (AvgIpc) is 1.60. The van der Waals surface area contributed by atoms with Gasteiger partial charge in [-0.15, -0.1) is 0 Å². The Labute approximate surface area is 805 Å². The molecule has 0 aliphatic heterocycles. The zero-order chi connectivity index (χ0) is 102. The second kappa shape index (κ2) is 65.4. The molecule has 8 aliphatic carbocycles. The Balaban J connectivity index is 0. The molecule has 0 aromatic heterocycles. The first kappa shape index (κ1) is 129. The van der Waals surface area contributed by atoms with Gasteiger partial charge in [0.05, 0.1) is 88.7 Å². The fourth-order valence-electron chi connectivity index (χ4n) is 16.6. The minimum absolute atomic E-state index is 0.00116. The number of aliphatic hydroxyl groups excluding tert-OH is 1. The lowest BCUT2D eigenvalue weighted by Crippen LogP contribution is -2.38. The van der Waals surface area contributed by atoms with Gasteiger partial charge in [-0.1, -0.05) is 156 Å². The van der Waals surface area contributed by atoms with E-state index in [-0.39, 0.29) is 135 Å². The molecule has 132 heavy (non-hydrogen) atoms. The van der Waals surface area contributed by atoms with E-state index in [0.29, 0.717) is 57.9 Å². The number of hydrogen-bond donors (Lipinski definition) is 2. The zero-order valence-corrected chi connectivity index (χ0v) is 90.6. The molecule has 0 aromatic carbocycles. The van der Waals surface area contributed by atoms with Crippen molar-refractivity contribution in [2.45, 2.75) is 469 Å². The van der Waals surface area contributed by atoms with Crippen LogP contribution in [-0.4, -0.2) is 160 Å². The summed E-state index contributed by atoms with van der Waals surface area (Å²) in [5, 5.41) is 16.8. The maximum absolute atomic E-state index is 12.2. The fraction of sp³-hybridized carbons (Fsp3) is 0.908. The van der Waals surface area contributed by atoms with Crippen molar-refractivity contribution in [1.29, 1.82) is 0 Å².